The number of thiophene rings is 1. The van der Waals surface area contributed by atoms with Gasteiger partial charge in [-0.15, -0.1) is 11.3 Å². The Morgan fingerprint density at radius 2 is 2.13 bits per heavy atom. The molecule has 0 aliphatic carbocycles. The third-order valence-electron chi connectivity index (χ3n) is 4.94. The minimum Gasteiger partial charge on any atom is -0.487 e. The van der Waals surface area contributed by atoms with Gasteiger partial charge in [0.2, 0.25) is 5.75 Å². The molecule has 0 aliphatic rings. The maximum Gasteiger partial charge on any atom is 0.343 e. The van der Waals surface area contributed by atoms with E-state index >= 15 is 0 Å². The van der Waals surface area contributed by atoms with E-state index in [-0.39, 0.29) is 30.0 Å². The molecule has 0 saturated heterocycles. The van der Waals surface area contributed by atoms with Gasteiger partial charge in [0.05, 0.1) is 46.3 Å². The Kier molecular flexibility index (Phi) is 6.43. The summed E-state index contributed by atoms with van der Waals surface area (Å²) in [5.41, 5.74) is 2.15. The lowest BCUT2D eigenvalue weighted by Gasteiger charge is -2.15. The first-order valence-corrected chi connectivity index (χ1v) is 11.8. The molecule has 31 heavy (non-hydrogen) atoms. The predicted octanol–water partition coefficient (Wildman–Crippen LogP) is 4.88. The van der Waals surface area contributed by atoms with Gasteiger partial charge in [-0.3, -0.25) is 9.36 Å². The van der Waals surface area contributed by atoms with Crippen molar-refractivity contribution < 1.29 is 14.3 Å². The lowest BCUT2D eigenvalue weighted by Crippen LogP contribution is -2.26. The van der Waals surface area contributed by atoms with E-state index in [0.717, 1.165) is 28.7 Å². The van der Waals surface area contributed by atoms with E-state index in [2.05, 4.69) is 20.9 Å². The Balaban J connectivity index is 1.89. The highest BCUT2D eigenvalue weighted by Gasteiger charge is 2.26. The molecule has 0 aliphatic heterocycles. The van der Waals surface area contributed by atoms with Gasteiger partial charge in [0, 0.05) is 6.20 Å². The zero-order chi connectivity index (χ0) is 22.0. The number of fused-ring (bicyclic) bond motifs is 2. The normalized spacial score (nSPS) is 11.3. The van der Waals surface area contributed by atoms with Crippen molar-refractivity contribution in [1.29, 1.82) is 0 Å². The quantitative estimate of drug-likeness (QED) is 0.253. The lowest BCUT2D eigenvalue weighted by molar-refractivity contribution is 0.0523. The molecule has 4 rings (SSSR count). The van der Waals surface area contributed by atoms with E-state index in [4.69, 9.17) is 9.47 Å². The lowest BCUT2D eigenvalue weighted by atomic mass is 10.2. The largest absolute Gasteiger partial charge is 0.487 e. The number of halogens is 1. The van der Waals surface area contributed by atoms with Gasteiger partial charge in [0.25, 0.3) is 5.56 Å². The molecule has 4 aromatic heterocycles. The van der Waals surface area contributed by atoms with Gasteiger partial charge in [-0.05, 0) is 52.9 Å². The number of ether oxygens (including phenoxy) is 2. The summed E-state index contributed by atoms with van der Waals surface area (Å²) in [6.45, 7) is 4.65. The van der Waals surface area contributed by atoms with Crippen LogP contribution in [-0.4, -0.2) is 33.1 Å². The van der Waals surface area contributed by atoms with Crippen molar-refractivity contribution in [3.8, 4) is 5.75 Å². The SMILES string of the molecule is CCCCOc1c(C(=O)OCC)c2sccc2n(Cc2cnc3c(Br)cccn23)c1=O. The van der Waals surface area contributed by atoms with Crippen LogP contribution in [0.2, 0.25) is 0 Å². The third kappa shape index (κ3) is 3.99. The Bertz CT molecular complexity index is 1310. The van der Waals surface area contributed by atoms with Crippen LogP contribution in [0, 0.1) is 0 Å². The predicted molar refractivity (Wildman–Crippen MR) is 124 cm³/mol. The fourth-order valence-corrected chi connectivity index (χ4v) is 4.82. The van der Waals surface area contributed by atoms with E-state index in [0.29, 0.717) is 16.8 Å². The summed E-state index contributed by atoms with van der Waals surface area (Å²) in [5, 5.41) is 1.87. The van der Waals surface area contributed by atoms with Crippen molar-refractivity contribution in [2.75, 3.05) is 13.2 Å². The second-order valence-electron chi connectivity index (χ2n) is 6.95. The van der Waals surface area contributed by atoms with Gasteiger partial charge in [-0.2, -0.15) is 0 Å². The van der Waals surface area contributed by atoms with Crippen LogP contribution in [0.4, 0.5) is 0 Å². The molecule has 4 aromatic rings. The van der Waals surface area contributed by atoms with Crippen LogP contribution in [0.1, 0.15) is 42.7 Å². The first-order chi connectivity index (χ1) is 15.1. The van der Waals surface area contributed by atoms with Crippen molar-refractivity contribution in [2.45, 2.75) is 33.2 Å². The Morgan fingerprint density at radius 3 is 2.90 bits per heavy atom. The van der Waals surface area contributed by atoms with Gasteiger partial charge >= 0.3 is 5.97 Å². The molecular formula is C22H22BrN3O4S. The minimum atomic E-state index is -0.538. The molecule has 0 atom stereocenters. The fourth-order valence-electron chi connectivity index (χ4n) is 3.45. The van der Waals surface area contributed by atoms with E-state index in [1.807, 2.05) is 41.1 Å². The van der Waals surface area contributed by atoms with Crippen molar-refractivity contribution in [2.24, 2.45) is 0 Å². The molecule has 0 aromatic carbocycles. The average Bonchev–Trinajstić information content (AvgIpc) is 3.39. The van der Waals surface area contributed by atoms with Crippen molar-refractivity contribution in [3.63, 3.8) is 0 Å². The average molecular weight is 504 g/mol. The number of hydrogen-bond acceptors (Lipinski definition) is 6. The second-order valence-corrected chi connectivity index (χ2v) is 8.72. The van der Waals surface area contributed by atoms with Crippen LogP contribution in [0.15, 0.2) is 45.2 Å². The van der Waals surface area contributed by atoms with Gasteiger partial charge in [0.15, 0.2) is 5.65 Å². The summed E-state index contributed by atoms with van der Waals surface area (Å²) in [6.07, 6.45) is 5.36. The number of carbonyl (C=O) groups is 1. The molecule has 162 valence electrons. The first-order valence-electron chi connectivity index (χ1n) is 10.1. The van der Waals surface area contributed by atoms with Gasteiger partial charge in [0.1, 0.15) is 5.56 Å². The summed E-state index contributed by atoms with van der Waals surface area (Å²) in [6, 6.07) is 5.68. The number of esters is 1. The maximum atomic E-state index is 13.5. The number of nitrogens with zero attached hydrogens (tertiary/aromatic N) is 3. The maximum absolute atomic E-state index is 13.5. The number of rotatable bonds is 8. The molecule has 0 radical (unpaired) electrons. The third-order valence-corrected chi connectivity index (χ3v) is 6.48. The van der Waals surface area contributed by atoms with Crippen LogP contribution in [0.5, 0.6) is 5.75 Å². The van der Waals surface area contributed by atoms with Crippen LogP contribution >= 0.6 is 27.3 Å². The van der Waals surface area contributed by atoms with Gasteiger partial charge in [-0.25, -0.2) is 9.78 Å². The Morgan fingerprint density at radius 1 is 1.29 bits per heavy atom. The molecule has 9 heteroatoms. The smallest absolute Gasteiger partial charge is 0.343 e. The van der Waals surface area contributed by atoms with E-state index in [1.165, 1.54) is 11.3 Å². The highest BCUT2D eigenvalue weighted by molar-refractivity contribution is 9.10. The fraction of sp³-hybridized carbons (Fsp3) is 0.318. The Labute approximate surface area is 191 Å². The number of aromatic nitrogens is 3. The van der Waals surface area contributed by atoms with E-state index < -0.39 is 5.97 Å². The van der Waals surface area contributed by atoms with Crippen LogP contribution in [0.3, 0.4) is 0 Å². The standard InChI is InChI=1S/C22H22BrN3O4S/c1-3-5-10-30-18-17(22(28)29-4-2)19-16(8-11-31-19)26(21(18)27)13-14-12-24-20-15(23)7-6-9-25(14)20/h6-9,11-12H,3-5,10,13H2,1-2H3. The summed E-state index contributed by atoms with van der Waals surface area (Å²) in [5.74, 6) is -0.485. The highest BCUT2D eigenvalue weighted by atomic mass is 79.9. The summed E-state index contributed by atoms with van der Waals surface area (Å²) in [7, 11) is 0. The van der Waals surface area contributed by atoms with Crippen LogP contribution in [0.25, 0.3) is 15.9 Å². The molecule has 0 N–H and O–H groups in total. The molecule has 0 spiro atoms. The van der Waals surface area contributed by atoms with Crippen molar-refractivity contribution in [1.82, 2.24) is 14.0 Å². The molecular weight excluding hydrogens is 482 g/mol. The molecule has 0 fully saturated rings. The van der Waals surface area contributed by atoms with Crippen molar-refractivity contribution in [3.05, 3.63) is 62.1 Å². The highest BCUT2D eigenvalue weighted by Crippen LogP contribution is 2.31. The summed E-state index contributed by atoms with van der Waals surface area (Å²) >= 11 is 4.90. The molecule has 4 heterocycles. The molecule has 0 saturated carbocycles. The van der Waals surface area contributed by atoms with Crippen LogP contribution in [-0.2, 0) is 11.3 Å². The van der Waals surface area contributed by atoms with Crippen LogP contribution < -0.4 is 10.3 Å². The zero-order valence-corrected chi connectivity index (χ0v) is 19.7. The Hall–Kier alpha value is -2.65. The van der Waals surface area contributed by atoms with Gasteiger partial charge in [-0.1, -0.05) is 13.3 Å². The number of imidazole rings is 1. The van der Waals surface area contributed by atoms with E-state index in [1.54, 1.807) is 17.7 Å². The number of carbonyl (C=O) groups excluding carboxylic acids is 1. The number of hydrogen-bond donors (Lipinski definition) is 0. The second kappa shape index (κ2) is 9.23. The number of unbranched alkanes of at least 4 members (excludes halogenated alkanes) is 1. The zero-order valence-electron chi connectivity index (χ0n) is 17.3. The summed E-state index contributed by atoms with van der Waals surface area (Å²) in [4.78, 5) is 30.7. The molecule has 7 nitrogen and oxygen atoms in total. The topological polar surface area (TPSA) is 74.8 Å². The number of pyridine rings is 2. The molecule has 0 amide bonds. The van der Waals surface area contributed by atoms with E-state index in [9.17, 15) is 9.59 Å². The minimum absolute atomic E-state index is 0.0526. The van der Waals surface area contributed by atoms with Gasteiger partial charge < -0.3 is 13.9 Å². The molecule has 0 unspecified atom stereocenters. The monoisotopic (exact) mass is 503 g/mol. The van der Waals surface area contributed by atoms with Crippen molar-refractivity contribution >= 4 is 49.1 Å². The summed E-state index contributed by atoms with van der Waals surface area (Å²) < 4.78 is 16.2. The first kappa shape index (κ1) is 21.6. The molecule has 0 bridgehead atoms.